The van der Waals surface area contributed by atoms with E-state index in [2.05, 4.69) is 5.32 Å². The SMILES string of the molecule is COC(C)(C)CC(O)CNC1CC1. The van der Waals surface area contributed by atoms with Gasteiger partial charge in [0.15, 0.2) is 0 Å². The first-order chi connectivity index (χ1) is 6.03. The van der Waals surface area contributed by atoms with Gasteiger partial charge in [-0.05, 0) is 26.7 Å². The Kier molecular flexibility index (Phi) is 3.71. The largest absolute Gasteiger partial charge is 0.392 e. The van der Waals surface area contributed by atoms with Crippen LogP contribution in [0.5, 0.6) is 0 Å². The summed E-state index contributed by atoms with van der Waals surface area (Å²) in [6.45, 7) is 4.68. The second-order valence-corrected chi connectivity index (χ2v) is 4.50. The van der Waals surface area contributed by atoms with Gasteiger partial charge in [-0.15, -0.1) is 0 Å². The summed E-state index contributed by atoms with van der Waals surface area (Å²) in [5.74, 6) is 0. The minimum atomic E-state index is -0.296. The van der Waals surface area contributed by atoms with Crippen LogP contribution in [0.4, 0.5) is 0 Å². The predicted molar refractivity (Wildman–Crippen MR) is 52.7 cm³/mol. The average Bonchev–Trinajstić information content (AvgIpc) is 2.83. The van der Waals surface area contributed by atoms with E-state index in [0.29, 0.717) is 19.0 Å². The lowest BCUT2D eigenvalue weighted by atomic mass is 10.0. The normalized spacial score (nSPS) is 20.3. The van der Waals surface area contributed by atoms with E-state index in [-0.39, 0.29) is 11.7 Å². The smallest absolute Gasteiger partial charge is 0.0691 e. The molecule has 1 unspecified atom stereocenters. The summed E-state index contributed by atoms with van der Waals surface area (Å²) in [6, 6.07) is 0.667. The molecule has 0 radical (unpaired) electrons. The molecule has 1 rings (SSSR count). The van der Waals surface area contributed by atoms with Gasteiger partial charge < -0.3 is 15.2 Å². The Balaban J connectivity index is 2.11. The number of aliphatic hydroxyl groups excluding tert-OH is 1. The maximum Gasteiger partial charge on any atom is 0.0691 e. The molecule has 1 aliphatic carbocycles. The van der Waals surface area contributed by atoms with Gasteiger partial charge in [0, 0.05) is 26.1 Å². The van der Waals surface area contributed by atoms with E-state index in [4.69, 9.17) is 4.74 Å². The Morgan fingerprint density at radius 3 is 2.62 bits per heavy atom. The quantitative estimate of drug-likeness (QED) is 0.649. The van der Waals surface area contributed by atoms with Crippen LogP contribution >= 0.6 is 0 Å². The predicted octanol–water partition coefficient (Wildman–Crippen LogP) is 0.914. The van der Waals surface area contributed by atoms with Crippen molar-refractivity contribution in [3.63, 3.8) is 0 Å². The van der Waals surface area contributed by atoms with Gasteiger partial charge in [0.2, 0.25) is 0 Å². The van der Waals surface area contributed by atoms with Crippen molar-refractivity contribution in [1.29, 1.82) is 0 Å². The Morgan fingerprint density at radius 1 is 1.54 bits per heavy atom. The van der Waals surface area contributed by atoms with Gasteiger partial charge in [-0.25, -0.2) is 0 Å². The van der Waals surface area contributed by atoms with Crippen molar-refractivity contribution in [2.24, 2.45) is 0 Å². The van der Waals surface area contributed by atoms with E-state index in [9.17, 15) is 5.11 Å². The molecule has 0 amide bonds. The molecule has 3 heteroatoms. The molecule has 13 heavy (non-hydrogen) atoms. The molecule has 3 nitrogen and oxygen atoms in total. The van der Waals surface area contributed by atoms with Crippen LogP contribution in [0, 0.1) is 0 Å². The third kappa shape index (κ3) is 4.60. The number of rotatable bonds is 6. The lowest BCUT2D eigenvalue weighted by Crippen LogP contribution is -2.35. The standard InChI is InChI=1S/C10H21NO2/c1-10(2,13-3)6-9(12)7-11-8-4-5-8/h8-9,11-12H,4-7H2,1-3H3. The number of hydrogen-bond donors (Lipinski definition) is 2. The Labute approximate surface area is 80.5 Å². The Bertz CT molecular complexity index is 155. The van der Waals surface area contributed by atoms with Gasteiger partial charge in [-0.3, -0.25) is 0 Å². The number of nitrogens with one attached hydrogen (secondary N) is 1. The molecule has 0 bridgehead atoms. The van der Waals surface area contributed by atoms with E-state index >= 15 is 0 Å². The first-order valence-electron chi connectivity index (χ1n) is 5.00. The molecule has 1 atom stereocenters. The summed E-state index contributed by atoms with van der Waals surface area (Å²) in [4.78, 5) is 0. The van der Waals surface area contributed by atoms with Crippen LogP contribution in [-0.2, 0) is 4.74 Å². The summed E-state index contributed by atoms with van der Waals surface area (Å²) >= 11 is 0. The third-order valence-corrected chi connectivity index (χ3v) is 2.50. The number of methoxy groups -OCH3 is 1. The van der Waals surface area contributed by atoms with Crippen molar-refractivity contribution < 1.29 is 9.84 Å². The summed E-state index contributed by atoms with van der Waals surface area (Å²) in [5, 5.41) is 12.9. The van der Waals surface area contributed by atoms with Crippen LogP contribution in [0.1, 0.15) is 33.1 Å². The molecule has 2 N–H and O–H groups in total. The van der Waals surface area contributed by atoms with Gasteiger partial charge in [0.05, 0.1) is 11.7 Å². The van der Waals surface area contributed by atoms with Crippen molar-refractivity contribution in [2.75, 3.05) is 13.7 Å². The van der Waals surface area contributed by atoms with Gasteiger partial charge in [-0.1, -0.05) is 0 Å². The minimum Gasteiger partial charge on any atom is -0.392 e. The van der Waals surface area contributed by atoms with E-state index in [1.165, 1.54) is 12.8 Å². The molecule has 78 valence electrons. The lowest BCUT2D eigenvalue weighted by molar-refractivity contribution is -0.0189. The van der Waals surface area contributed by atoms with Gasteiger partial charge in [0.1, 0.15) is 0 Å². The van der Waals surface area contributed by atoms with Crippen molar-refractivity contribution >= 4 is 0 Å². The third-order valence-electron chi connectivity index (χ3n) is 2.50. The number of hydrogen-bond acceptors (Lipinski definition) is 3. The molecule has 0 aromatic heterocycles. The first kappa shape index (κ1) is 11.0. The minimum absolute atomic E-state index is 0.218. The molecule has 1 aliphatic rings. The zero-order valence-corrected chi connectivity index (χ0v) is 8.84. The van der Waals surface area contributed by atoms with Crippen LogP contribution in [-0.4, -0.2) is 36.5 Å². The molecular weight excluding hydrogens is 166 g/mol. The van der Waals surface area contributed by atoms with E-state index in [0.717, 1.165) is 0 Å². The Morgan fingerprint density at radius 2 is 2.15 bits per heavy atom. The van der Waals surface area contributed by atoms with Gasteiger partial charge in [-0.2, -0.15) is 0 Å². The fourth-order valence-corrected chi connectivity index (χ4v) is 1.31. The van der Waals surface area contributed by atoms with Crippen LogP contribution in [0.3, 0.4) is 0 Å². The summed E-state index contributed by atoms with van der Waals surface area (Å²) in [6.07, 6.45) is 2.92. The van der Waals surface area contributed by atoms with Crippen molar-refractivity contribution in [3.05, 3.63) is 0 Å². The van der Waals surface area contributed by atoms with E-state index in [1.807, 2.05) is 13.8 Å². The van der Waals surface area contributed by atoms with Crippen LogP contribution in [0.2, 0.25) is 0 Å². The fraction of sp³-hybridized carbons (Fsp3) is 1.00. The zero-order valence-electron chi connectivity index (χ0n) is 8.84. The summed E-state index contributed by atoms with van der Waals surface area (Å²) in [5.41, 5.74) is -0.218. The summed E-state index contributed by atoms with van der Waals surface area (Å²) in [7, 11) is 1.68. The highest BCUT2D eigenvalue weighted by Crippen LogP contribution is 2.19. The second-order valence-electron chi connectivity index (χ2n) is 4.50. The second kappa shape index (κ2) is 4.40. The van der Waals surface area contributed by atoms with Crippen LogP contribution < -0.4 is 5.32 Å². The zero-order chi connectivity index (χ0) is 9.90. The molecule has 1 saturated carbocycles. The highest BCUT2D eigenvalue weighted by atomic mass is 16.5. The molecule has 0 aromatic rings. The first-order valence-corrected chi connectivity index (χ1v) is 5.00. The average molecular weight is 187 g/mol. The fourth-order valence-electron chi connectivity index (χ4n) is 1.31. The monoisotopic (exact) mass is 187 g/mol. The Hall–Kier alpha value is -0.120. The summed E-state index contributed by atoms with van der Waals surface area (Å²) < 4.78 is 5.24. The van der Waals surface area contributed by atoms with E-state index in [1.54, 1.807) is 7.11 Å². The maximum absolute atomic E-state index is 9.65. The van der Waals surface area contributed by atoms with Crippen LogP contribution in [0.15, 0.2) is 0 Å². The van der Waals surface area contributed by atoms with Crippen LogP contribution in [0.25, 0.3) is 0 Å². The molecule has 0 heterocycles. The van der Waals surface area contributed by atoms with Crippen molar-refractivity contribution in [3.8, 4) is 0 Å². The molecule has 1 fully saturated rings. The molecule has 0 spiro atoms. The lowest BCUT2D eigenvalue weighted by Gasteiger charge is -2.25. The number of aliphatic hydroxyl groups is 1. The van der Waals surface area contributed by atoms with Crippen molar-refractivity contribution in [2.45, 2.75) is 50.9 Å². The topological polar surface area (TPSA) is 41.5 Å². The molecule has 0 aliphatic heterocycles. The number of ether oxygens (including phenoxy) is 1. The van der Waals surface area contributed by atoms with E-state index < -0.39 is 0 Å². The van der Waals surface area contributed by atoms with Gasteiger partial charge in [0.25, 0.3) is 0 Å². The van der Waals surface area contributed by atoms with Crippen molar-refractivity contribution in [1.82, 2.24) is 5.32 Å². The highest BCUT2D eigenvalue weighted by molar-refractivity contribution is 4.83. The highest BCUT2D eigenvalue weighted by Gasteiger charge is 2.24. The molecule has 0 saturated heterocycles. The molecule has 0 aromatic carbocycles. The molecular formula is C10H21NO2. The maximum atomic E-state index is 9.65. The van der Waals surface area contributed by atoms with Gasteiger partial charge >= 0.3 is 0 Å².